The van der Waals surface area contributed by atoms with Gasteiger partial charge in [-0.25, -0.2) is 0 Å². The molecule has 5 aliphatic rings. The van der Waals surface area contributed by atoms with Crippen LogP contribution >= 0.6 is 11.6 Å². The summed E-state index contributed by atoms with van der Waals surface area (Å²) >= 11 is 7.61. The van der Waals surface area contributed by atoms with Crippen molar-refractivity contribution in [1.29, 1.82) is 0 Å². The van der Waals surface area contributed by atoms with Gasteiger partial charge in [0.05, 0.1) is 11.1 Å². The van der Waals surface area contributed by atoms with Crippen molar-refractivity contribution >= 4 is 90.8 Å². The Hall–Kier alpha value is -4.93. The topological polar surface area (TPSA) is 19.6 Å². The largest absolute Gasteiger partial charge is 0.456 e. The Balaban J connectivity index is 1.24. The van der Waals surface area contributed by atoms with E-state index in [1.165, 1.54) is 78.9 Å². The van der Waals surface area contributed by atoms with Crippen molar-refractivity contribution in [3.63, 3.8) is 0 Å². The summed E-state index contributed by atoms with van der Waals surface area (Å²) in [6, 6.07) is 37.7. The predicted octanol–water partition coefficient (Wildman–Crippen LogP) is 15.4. The molecule has 0 radical (unpaired) electrons. The molecule has 0 N–H and O–H groups in total. The number of hydrogen-bond donors (Lipinski definition) is 0. The highest BCUT2D eigenvalue weighted by atomic mass is 35.5. The van der Waals surface area contributed by atoms with E-state index in [4.69, 9.17) is 16.0 Å². The number of hydrogen-bond acceptors (Lipinski definition) is 3. The zero-order valence-electron chi connectivity index (χ0n) is 40.7. The molecule has 0 spiro atoms. The number of benzene rings is 6. The highest BCUT2D eigenvalue weighted by molar-refractivity contribution is 7.00. The highest BCUT2D eigenvalue weighted by Crippen LogP contribution is 2.55. The molecule has 0 bridgehead atoms. The van der Waals surface area contributed by atoms with E-state index in [9.17, 15) is 0 Å². The third-order valence-corrected chi connectivity index (χ3v) is 17.9. The van der Waals surface area contributed by atoms with Crippen LogP contribution in [0.2, 0.25) is 5.02 Å². The summed E-state index contributed by atoms with van der Waals surface area (Å²) < 4.78 is 6.64. The van der Waals surface area contributed by atoms with E-state index in [1.807, 2.05) is 0 Å². The van der Waals surface area contributed by atoms with Crippen molar-refractivity contribution in [1.82, 2.24) is 0 Å². The number of rotatable bonds is 2. The van der Waals surface area contributed by atoms with Crippen LogP contribution in [0.1, 0.15) is 155 Å². The van der Waals surface area contributed by atoms with Gasteiger partial charge >= 0.3 is 0 Å². The van der Waals surface area contributed by atoms with E-state index in [0.717, 1.165) is 70.4 Å². The fraction of sp³-hybridized carbons (Fsp3) is 0.400. The lowest BCUT2D eigenvalue weighted by atomic mass is 9.32. The highest BCUT2D eigenvalue weighted by Gasteiger charge is 2.49. The Labute approximate surface area is 392 Å². The molecule has 0 saturated carbocycles. The van der Waals surface area contributed by atoms with Gasteiger partial charge in [-0.2, -0.15) is 0 Å². The second-order valence-corrected chi connectivity index (χ2v) is 25.1. The van der Waals surface area contributed by atoms with Gasteiger partial charge in [0.25, 0.3) is 6.71 Å². The van der Waals surface area contributed by atoms with Crippen LogP contribution in [0.25, 0.3) is 21.9 Å². The molecule has 0 fully saturated rings. The maximum atomic E-state index is 7.61. The van der Waals surface area contributed by atoms with E-state index in [2.05, 4.69) is 190 Å². The van der Waals surface area contributed by atoms with Crippen molar-refractivity contribution < 1.29 is 4.42 Å². The van der Waals surface area contributed by atoms with Gasteiger partial charge in [0, 0.05) is 38.8 Å². The van der Waals surface area contributed by atoms with Crippen LogP contribution in [-0.4, -0.2) is 6.71 Å². The molecule has 65 heavy (non-hydrogen) atoms. The van der Waals surface area contributed by atoms with Gasteiger partial charge in [0.2, 0.25) is 0 Å². The summed E-state index contributed by atoms with van der Waals surface area (Å²) in [5.41, 5.74) is 22.2. The Bertz CT molecular complexity index is 3210. The number of anilines is 6. The molecule has 7 aromatic rings. The van der Waals surface area contributed by atoms with Crippen LogP contribution in [-0.2, 0) is 32.5 Å². The Morgan fingerprint density at radius 3 is 1.46 bits per heavy atom. The smallest absolute Gasteiger partial charge is 0.252 e. The SMILES string of the molecule is CC1(C)CCC(C)(C)c2cc(N3c4cc5c(cc4B4c6cc7c(cc6N(c6cccc8oc9ccccc9c68)c6cc(Cl)cc3c64)C(C)(C)CCC7(C)C)C(C)(C)CCC5(C)C)ccc21. The first-order chi connectivity index (χ1) is 30.6. The number of furan rings is 1. The predicted molar refractivity (Wildman–Crippen MR) is 279 cm³/mol. The zero-order valence-corrected chi connectivity index (χ0v) is 41.5. The maximum absolute atomic E-state index is 7.61. The molecule has 3 aliphatic carbocycles. The minimum absolute atomic E-state index is 0.0136. The van der Waals surface area contributed by atoms with Crippen molar-refractivity contribution in [2.45, 2.75) is 154 Å². The Kier molecular flexibility index (Phi) is 8.40. The first-order valence-corrected chi connectivity index (χ1v) is 24.8. The first-order valence-electron chi connectivity index (χ1n) is 24.4. The lowest BCUT2D eigenvalue weighted by Gasteiger charge is -2.49. The summed E-state index contributed by atoms with van der Waals surface area (Å²) in [7, 11) is 0. The molecule has 5 heteroatoms. The van der Waals surface area contributed by atoms with Gasteiger partial charge in [-0.15, -0.1) is 0 Å². The van der Waals surface area contributed by atoms with Crippen LogP contribution in [0, 0.1) is 0 Å². The van der Waals surface area contributed by atoms with E-state index in [0.29, 0.717) is 0 Å². The van der Waals surface area contributed by atoms with Gasteiger partial charge < -0.3 is 14.2 Å². The molecule has 0 amide bonds. The Morgan fingerprint density at radius 2 is 0.892 bits per heavy atom. The zero-order chi connectivity index (χ0) is 45.5. The summed E-state index contributed by atoms with van der Waals surface area (Å²) in [5.74, 6) is 0. The molecule has 1 aromatic heterocycles. The number of nitrogens with zero attached hydrogens (tertiary/aromatic N) is 2. The second kappa shape index (κ2) is 13.2. The average Bonchev–Trinajstić information content (AvgIpc) is 3.64. The third kappa shape index (κ3) is 5.80. The lowest BCUT2D eigenvalue weighted by Crippen LogP contribution is -2.62. The molecule has 0 saturated heterocycles. The maximum Gasteiger partial charge on any atom is 0.252 e. The van der Waals surface area contributed by atoms with E-state index in [1.54, 1.807) is 0 Å². The molecule has 0 atom stereocenters. The van der Waals surface area contributed by atoms with Gasteiger partial charge in [0.15, 0.2) is 0 Å². The lowest BCUT2D eigenvalue weighted by molar-refractivity contribution is 0.332. The number of halogens is 1. The molecule has 0 unspecified atom stereocenters. The van der Waals surface area contributed by atoms with Gasteiger partial charge in [0.1, 0.15) is 11.2 Å². The number of fused-ring (bicyclic) bond motifs is 10. The third-order valence-electron chi connectivity index (χ3n) is 17.7. The van der Waals surface area contributed by atoms with E-state index >= 15 is 0 Å². The minimum atomic E-state index is -0.0136. The molecular weight excluding hydrogens is 811 g/mol. The monoisotopic (exact) mass is 874 g/mol. The van der Waals surface area contributed by atoms with Gasteiger partial charge in [-0.1, -0.05) is 137 Å². The Morgan fingerprint density at radius 1 is 0.431 bits per heavy atom. The first kappa shape index (κ1) is 41.5. The van der Waals surface area contributed by atoms with Gasteiger partial charge in [-0.05, 0) is 175 Å². The standard InChI is InChI=1S/C60H64BClN2O/c1-55(2)22-23-56(3,4)39-30-36(20-21-38(39)55)63-47-33-42-40(57(5,6)24-26-59(42,9)10)31-44(47)61-45-32-41-43(60(11,12)27-25-58(41,7)8)34-48(45)64(50-29-35(62)28-49(63)54(50)61)46-17-15-19-52-53(46)37-16-13-14-18-51(37)65-52/h13-21,28-34H,22-27H2,1-12H3. The average molecular weight is 875 g/mol. The fourth-order valence-corrected chi connectivity index (χ4v) is 13.5. The molecule has 6 aromatic carbocycles. The molecule has 12 rings (SSSR count). The molecule has 3 heterocycles. The normalized spacial score (nSPS) is 21.0. The quantitative estimate of drug-likeness (QED) is 0.161. The summed E-state index contributed by atoms with van der Waals surface area (Å²) in [6.07, 6.45) is 6.98. The van der Waals surface area contributed by atoms with Crippen LogP contribution in [0.5, 0.6) is 0 Å². The number of para-hydroxylation sites is 1. The van der Waals surface area contributed by atoms with E-state index in [-0.39, 0.29) is 39.2 Å². The van der Waals surface area contributed by atoms with Crippen LogP contribution in [0.3, 0.4) is 0 Å². The van der Waals surface area contributed by atoms with E-state index < -0.39 is 0 Å². The second-order valence-electron chi connectivity index (χ2n) is 24.7. The molecule has 3 nitrogen and oxygen atoms in total. The van der Waals surface area contributed by atoms with Crippen LogP contribution in [0.15, 0.2) is 101 Å². The van der Waals surface area contributed by atoms with Crippen LogP contribution in [0.4, 0.5) is 34.1 Å². The van der Waals surface area contributed by atoms with Crippen molar-refractivity contribution in [3.05, 3.63) is 135 Å². The summed E-state index contributed by atoms with van der Waals surface area (Å²) in [5, 5.41) is 2.99. The summed E-state index contributed by atoms with van der Waals surface area (Å²) in [6.45, 7) is 29.5. The van der Waals surface area contributed by atoms with Crippen molar-refractivity contribution in [2.75, 3.05) is 9.80 Å². The molecular formula is C60H64BClN2O. The molecule has 330 valence electrons. The van der Waals surface area contributed by atoms with Crippen molar-refractivity contribution in [2.24, 2.45) is 0 Å². The minimum Gasteiger partial charge on any atom is -0.456 e. The van der Waals surface area contributed by atoms with Crippen LogP contribution < -0.4 is 26.2 Å². The van der Waals surface area contributed by atoms with Crippen molar-refractivity contribution in [3.8, 4) is 0 Å². The summed E-state index contributed by atoms with van der Waals surface area (Å²) in [4.78, 5) is 5.20. The fourth-order valence-electron chi connectivity index (χ4n) is 13.3. The van der Waals surface area contributed by atoms with Gasteiger partial charge in [-0.3, -0.25) is 0 Å². The molecule has 2 aliphatic heterocycles.